The van der Waals surface area contributed by atoms with E-state index in [0.29, 0.717) is 25.1 Å². The predicted molar refractivity (Wildman–Crippen MR) is 183 cm³/mol. The number of alkyl carbamates (subject to hydrolysis) is 1. The summed E-state index contributed by atoms with van der Waals surface area (Å²) in [5, 5.41) is 2.78. The molecule has 256 valence electrons. The highest BCUT2D eigenvalue weighted by Crippen LogP contribution is 2.41. The van der Waals surface area contributed by atoms with Gasteiger partial charge in [0.2, 0.25) is 5.91 Å². The number of hydrogen-bond acceptors (Lipinski definition) is 5. The molecule has 2 amide bonds. The molecular formula is C36H49F2N3O5Si. The first-order valence-corrected chi connectivity index (χ1v) is 19.8. The molecule has 1 unspecified atom stereocenters. The number of amides is 2. The highest BCUT2D eigenvalue weighted by atomic mass is 28.3. The molecule has 1 N–H and O–H groups in total. The number of carbonyl (C=O) groups excluding carboxylic acids is 3. The lowest BCUT2D eigenvalue weighted by atomic mass is 9.82. The number of rotatable bonds is 15. The number of nitrogens with one attached hydrogen (secondary N) is 1. The molecule has 0 aliphatic rings. The van der Waals surface area contributed by atoms with Gasteiger partial charge in [-0.05, 0) is 47.7 Å². The van der Waals surface area contributed by atoms with Crippen molar-refractivity contribution in [1.82, 2.24) is 14.8 Å². The Balaban J connectivity index is 1.99. The summed E-state index contributed by atoms with van der Waals surface area (Å²) in [6.07, 6.45) is 1.54. The molecule has 3 rings (SSSR count). The summed E-state index contributed by atoms with van der Waals surface area (Å²) in [5.74, 6) is -1.88. The summed E-state index contributed by atoms with van der Waals surface area (Å²) in [6.45, 7) is 14.0. The van der Waals surface area contributed by atoms with E-state index in [4.69, 9.17) is 9.47 Å². The number of aromatic nitrogens is 1. The maximum atomic E-state index is 15.0. The number of carbonyl (C=O) groups is 3. The Hall–Kier alpha value is -3.99. The van der Waals surface area contributed by atoms with Gasteiger partial charge in [0.15, 0.2) is 0 Å². The Labute approximate surface area is 278 Å². The second kappa shape index (κ2) is 16.7. The smallest absolute Gasteiger partial charge is 0.407 e. The third-order valence-electron chi connectivity index (χ3n) is 7.80. The molecule has 0 aliphatic carbocycles. The Bertz CT molecular complexity index is 1500. The largest absolute Gasteiger partial charge is 0.469 e. The van der Waals surface area contributed by atoms with Crippen LogP contribution in [0.1, 0.15) is 57.3 Å². The fraction of sp³-hybridized carbons (Fsp3) is 0.472. The second-order valence-electron chi connectivity index (χ2n) is 14.1. The molecule has 0 radical (unpaired) electrons. The van der Waals surface area contributed by atoms with Crippen LogP contribution in [0.3, 0.4) is 0 Å². The van der Waals surface area contributed by atoms with Gasteiger partial charge in [0.25, 0.3) is 0 Å². The van der Waals surface area contributed by atoms with E-state index < -0.39 is 43.2 Å². The Morgan fingerprint density at radius 3 is 2.34 bits per heavy atom. The number of ether oxygens (including phenoxy) is 2. The number of nitrogens with zero attached hydrogens (tertiary/aromatic N) is 2. The van der Waals surface area contributed by atoms with Gasteiger partial charge in [-0.25, -0.2) is 13.6 Å². The van der Waals surface area contributed by atoms with E-state index >= 15 is 4.39 Å². The predicted octanol–water partition coefficient (Wildman–Crippen LogP) is 7.81. The highest BCUT2D eigenvalue weighted by Gasteiger charge is 2.37. The van der Waals surface area contributed by atoms with E-state index in [1.54, 1.807) is 11.1 Å². The third kappa shape index (κ3) is 11.6. The summed E-state index contributed by atoms with van der Waals surface area (Å²) in [5.41, 5.74) is 1.78. The summed E-state index contributed by atoms with van der Waals surface area (Å²) < 4.78 is 41.4. The SMILES string of the molecule is COC(=O)CCC(=O)N(CCCNC(=O)OCC[Si](C)(C)C)C(c1cc(-c2cc(F)ccc2F)cn1Cc1ccccc1)C(C)(C)C. The van der Waals surface area contributed by atoms with Crippen LogP contribution in [0.15, 0.2) is 60.8 Å². The zero-order chi connectivity index (χ0) is 34.8. The van der Waals surface area contributed by atoms with Crippen LogP contribution < -0.4 is 5.32 Å². The van der Waals surface area contributed by atoms with Gasteiger partial charge in [0, 0.05) is 57.1 Å². The first kappa shape index (κ1) is 37.5. The van der Waals surface area contributed by atoms with Crippen LogP contribution >= 0.6 is 0 Å². The second-order valence-corrected chi connectivity index (χ2v) is 19.7. The minimum atomic E-state index is -1.35. The van der Waals surface area contributed by atoms with E-state index in [9.17, 15) is 18.8 Å². The minimum Gasteiger partial charge on any atom is -0.469 e. The topological polar surface area (TPSA) is 89.9 Å². The fourth-order valence-corrected chi connectivity index (χ4v) is 6.12. The highest BCUT2D eigenvalue weighted by molar-refractivity contribution is 6.76. The average Bonchev–Trinajstić information content (AvgIpc) is 3.39. The molecule has 11 heteroatoms. The minimum absolute atomic E-state index is 0.0732. The van der Waals surface area contributed by atoms with Crippen LogP contribution in [0.5, 0.6) is 0 Å². The maximum Gasteiger partial charge on any atom is 0.407 e. The van der Waals surface area contributed by atoms with E-state index in [1.165, 1.54) is 13.2 Å². The van der Waals surface area contributed by atoms with Crippen molar-refractivity contribution in [2.75, 3.05) is 26.8 Å². The fourth-order valence-electron chi connectivity index (χ4n) is 5.41. The molecule has 1 atom stereocenters. The molecule has 1 heterocycles. The molecular weight excluding hydrogens is 620 g/mol. The van der Waals surface area contributed by atoms with Crippen molar-refractivity contribution in [1.29, 1.82) is 0 Å². The zero-order valence-electron chi connectivity index (χ0n) is 28.7. The van der Waals surface area contributed by atoms with Crippen molar-refractivity contribution in [3.05, 3.63) is 83.7 Å². The van der Waals surface area contributed by atoms with Crippen molar-refractivity contribution in [2.24, 2.45) is 5.41 Å². The van der Waals surface area contributed by atoms with Gasteiger partial charge in [-0.2, -0.15) is 0 Å². The summed E-state index contributed by atoms with van der Waals surface area (Å²) in [6, 6.07) is 15.2. The number of esters is 1. The van der Waals surface area contributed by atoms with Crippen molar-refractivity contribution < 1.29 is 32.6 Å². The van der Waals surface area contributed by atoms with Crippen molar-refractivity contribution in [3.8, 4) is 11.1 Å². The van der Waals surface area contributed by atoms with Gasteiger partial charge in [0.1, 0.15) is 11.6 Å². The first-order chi connectivity index (χ1) is 22.1. The maximum absolute atomic E-state index is 15.0. The Kier molecular flexibility index (Phi) is 13.3. The van der Waals surface area contributed by atoms with E-state index in [0.717, 1.165) is 29.4 Å². The van der Waals surface area contributed by atoms with Crippen LogP contribution in [0, 0.1) is 17.0 Å². The lowest BCUT2D eigenvalue weighted by molar-refractivity contribution is -0.145. The van der Waals surface area contributed by atoms with Gasteiger partial charge >= 0.3 is 12.1 Å². The lowest BCUT2D eigenvalue weighted by Gasteiger charge is -2.41. The zero-order valence-corrected chi connectivity index (χ0v) is 29.7. The molecule has 3 aromatic rings. The number of hydrogen-bond donors (Lipinski definition) is 1. The number of methoxy groups -OCH3 is 1. The van der Waals surface area contributed by atoms with E-state index in [2.05, 4.69) is 25.0 Å². The number of benzene rings is 2. The molecule has 47 heavy (non-hydrogen) atoms. The van der Waals surface area contributed by atoms with Gasteiger partial charge in [-0.3, -0.25) is 9.59 Å². The first-order valence-electron chi connectivity index (χ1n) is 16.1. The molecule has 0 saturated carbocycles. The molecule has 0 saturated heterocycles. The van der Waals surface area contributed by atoms with E-state index in [1.807, 2.05) is 61.7 Å². The van der Waals surface area contributed by atoms with Crippen molar-refractivity contribution >= 4 is 26.0 Å². The molecule has 0 fully saturated rings. The lowest BCUT2D eigenvalue weighted by Crippen LogP contribution is -2.43. The van der Waals surface area contributed by atoms with Crippen LogP contribution in [0.25, 0.3) is 11.1 Å². The van der Waals surface area contributed by atoms with Crippen LogP contribution in [0.4, 0.5) is 13.6 Å². The summed E-state index contributed by atoms with van der Waals surface area (Å²) in [4.78, 5) is 40.0. The Morgan fingerprint density at radius 1 is 1.00 bits per heavy atom. The van der Waals surface area contributed by atoms with Crippen LogP contribution in [-0.2, 0) is 25.6 Å². The summed E-state index contributed by atoms with van der Waals surface area (Å²) in [7, 11) is -0.0724. The van der Waals surface area contributed by atoms with Gasteiger partial charge < -0.3 is 24.3 Å². The van der Waals surface area contributed by atoms with Gasteiger partial charge in [-0.1, -0.05) is 70.7 Å². The molecule has 8 nitrogen and oxygen atoms in total. The quantitative estimate of drug-likeness (QED) is 0.101. The molecule has 0 bridgehead atoms. The summed E-state index contributed by atoms with van der Waals surface area (Å²) >= 11 is 0. The van der Waals surface area contributed by atoms with Crippen molar-refractivity contribution in [3.63, 3.8) is 0 Å². The molecule has 2 aromatic carbocycles. The Morgan fingerprint density at radius 2 is 1.70 bits per heavy atom. The monoisotopic (exact) mass is 669 g/mol. The molecule has 1 aromatic heterocycles. The number of halogens is 2. The van der Waals surface area contributed by atoms with Crippen LogP contribution in [0.2, 0.25) is 25.7 Å². The van der Waals surface area contributed by atoms with Gasteiger partial charge in [0.05, 0.1) is 26.2 Å². The van der Waals surface area contributed by atoms with Gasteiger partial charge in [-0.15, -0.1) is 0 Å². The average molecular weight is 670 g/mol. The standard InChI is InChI=1S/C36H49F2N3O5Si/c1-36(2,3)34(41(32(42)16-17-33(43)45-4)19-11-18-39-35(44)46-20-21-47(5,6)7)31-22-27(29-23-28(37)14-15-30(29)38)25-40(31)24-26-12-9-8-10-13-26/h8-10,12-15,22-23,25,34H,11,16-21,24H2,1-7H3,(H,39,44). The van der Waals surface area contributed by atoms with Crippen molar-refractivity contribution in [2.45, 2.75) is 78.3 Å². The van der Waals surface area contributed by atoms with E-state index in [-0.39, 0.29) is 37.4 Å². The van der Waals surface area contributed by atoms with Crippen LogP contribution in [-0.4, -0.2) is 62.3 Å². The molecule has 0 spiro atoms. The molecule has 0 aliphatic heterocycles. The third-order valence-corrected chi connectivity index (χ3v) is 9.50. The normalized spacial score (nSPS) is 12.4.